The summed E-state index contributed by atoms with van der Waals surface area (Å²) in [7, 11) is 1.43. The molecule has 0 amide bonds. The van der Waals surface area contributed by atoms with E-state index >= 15 is 0 Å². The summed E-state index contributed by atoms with van der Waals surface area (Å²) in [6.45, 7) is 5.74. The molecule has 0 aliphatic heterocycles. The predicted molar refractivity (Wildman–Crippen MR) is 62.8 cm³/mol. The molecule has 1 aromatic heterocycles. The lowest BCUT2D eigenvalue weighted by Gasteiger charge is -2.31. The number of aromatic amines is 1. The second kappa shape index (κ2) is 4.52. The molecule has 6 heteroatoms. The van der Waals surface area contributed by atoms with E-state index in [9.17, 15) is 4.79 Å². The van der Waals surface area contributed by atoms with Crippen LogP contribution in [0.1, 0.15) is 20.8 Å². The number of hydrogen-bond donors (Lipinski definition) is 3. The highest BCUT2D eigenvalue weighted by Gasteiger charge is 2.25. The lowest BCUT2D eigenvalue weighted by molar-refractivity contribution is 0.402. The summed E-state index contributed by atoms with van der Waals surface area (Å²) in [5, 5.41) is 3.10. The molecule has 1 aromatic rings. The summed E-state index contributed by atoms with van der Waals surface area (Å²) in [5.41, 5.74) is 5.13. The van der Waals surface area contributed by atoms with E-state index in [4.69, 9.17) is 10.5 Å². The predicted octanol–water partition coefficient (Wildman–Crippen LogP) is 0.316. The van der Waals surface area contributed by atoms with Crippen LogP contribution in [-0.2, 0) is 0 Å². The fourth-order valence-corrected chi connectivity index (χ4v) is 1.08. The highest BCUT2D eigenvalue weighted by Crippen LogP contribution is 2.21. The Morgan fingerprint density at radius 2 is 2.25 bits per heavy atom. The molecule has 4 N–H and O–H groups in total. The molecular weight excluding hydrogens is 208 g/mol. The third-order valence-electron chi connectivity index (χ3n) is 2.59. The zero-order valence-corrected chi connectivity index (χ0v) is 10.00. The van der Waals surface area contributed by atoms with Gasteiger partial charge in [0.15, 0.2) is 5.82 Å². The monoisotopic (exact) mass is 226 g/mol. The zero-order chi connectivity index (χ0) is 12.3. The largest absolute Gasteiger partial charge is 0.489 e. The second-order valence-electron chi connectivity index (χ2n) is 4.25. The average Bonchev–Trinajstić information content (AvgIpc) is 2.17. The van der Waals surface area contributed by atoms with Crippen LogP contribution in [0.3, 0.4) is 0 Å². The summed E-state index contributed by atoms with van der Waals surface area (Å²) >= 11 is 0. The van der Waals surface area contributed by atoms with Crippen molar-refractivity contribution in [2.75, 3.05) is 12.4 Å². The van der Waals surface area contributed by atoms with Crippen LogP contribution < -0.4 is 21.3 Å². The fraction of sp³-hybridized carbons (Fsp3) is 0.600. The van der Waals surface area contributed by atoms with E-state index in [2.05, 4.69) is 15.3 Å². The van der Waals surface area contributed by atoms with Gasteiger partial charge in [-0.1, -0.05) is 0 Å². The minimum atomic E-state index is -0.381. The number of ether oxygens (including phenoxy) is 1. The van der Waals surface area contributed by atoms with E-state index in [0.29, 0.717) is 5.82 Å². The van der Waals surface area contributed by atoms with Gasteiger partial charge in [-0.2, -0.15) is 0 Å². The van der Waals surface area contributed by atoms with Gasteiger partial charge in [0.25, 0.3) is 5.56 Å². The molecule has 6 nitrogen and oxygen atoms in total. The van der Waals surface area contributed by atoms with Crippen LogP contribution in [-0.4, -0.2) is 28.7 Å². The van der Waals surface area contributed by atoms with E-state index in [-0.39, 0.29) is 22.9 Å². The van der Waals surface area contributed by atoms with Gasteiger partial charge in [-0.15, -0.1) is 0 Å². The third-order valence-corrected chi connectivity index (χ3v) is 2.59. The summed E-state index contributed by atoms with van der Waals surface area (Å²) in [4.78, 5) is 17.9. The average molecular weight is 226 g/mol. The molecule has 1 rings (SSSR count). The molecule has 1 heterocycles. The molecule has 0 radical (unpaired) electrons. The van der Waals surface area contributed by atoms with Gasteiger partial charge in [0, 0.05) is 11.6 Å². The van der Waals surface area contributed by atoms with Crippen molar-refractivity contribution in [3.05, 3.63) is 16.7 Å². The lowest BCUT2D eigenvalue weighted by atomic mass is 9.97. The Bertz CT molecular complexity index is 412. The first-order valence-corrected chi connectivity index (χ1v) is 5.04. The van der Waals surface area contributed by atoms with Gasteiger partial charge in [0.1, 0.15) is 0 Å². The summed E-state index contributed by atoms with van der Waals surface area (Å²) in [6, 6.07) is -0.0988. The highest BCUT2D eigenvalue weighted by molar-refractivity contribution is 5.49. The Balaban J connectivity index is 3.06. The molecule has 0 fully saturated rings. The molecule has 1 atom stereocenters. The number of methoxy groups -OCH3 is 1. The van der Waals surface area contributed by atoms with Gasteiger partial charge in [0.2, 0.25) is 5.75 Å². The van der Waals surface area contributed by atoms with Crippen molar-refractivity contribution in [2.45, 2.75) is 32.4 Å². The Morgan fingerprint density at radius 1 is 1.62 bits per heavy atom. The molecule has 0 bridgehead atoms. The van der Waals surface area contributed by atoms with Gasteiger partial charge in [-0.25, -0.2) is 4.98 Å². The van der Waals surface area contributed by atoms with Crippen LogP contribution in [0.2, 0.25) is 0 Å². The first-order chi connectivity index (χ1) is 7.38. The van der Waals surface area contributed by atoms with Gasteiger partial charge < -0.3 is 20.8 Å². The number of nitrogens with zero attached hydrogens (tertiary/aromatic N) is 1. The number of aromatic nitrogens is 2. The molecule has 0 aliphatic carbocycles. The number of hydrogen-bond acceptors (Lipinski definition) is 5. The first-order valence-electron chi connectivity index (χ1n) is 5.04. The summed E-state index contributed by atoms with van der Waals surface area (Å²) in [6.07, 6.45) is 1.32. The summed E-state index contributed by atoms with van der Waals surface area (Å²) < 4.78 is 4.99. The molecule has 0 aliphatic rings. The molecule has 90 valence electrons. The zero-order valence-electron chi connectivity index (χ0n) is 10.00. The quantitative estimate of drug-likeness (QED) is 0.687. The Hall–Kier alpha value is -1.56. The molecule has 0 aromatic carbocycles. The van der Waals surface area contributed by atoms with Crippen molar-refractivity contribution in [3.63, 3.8) is 0 Å². The number of nitrogens with one attached hydrogen (secondary N) is 2. The van der Waals surface area contributed by atoms with Gasteiger partial charge >= 0.3 is 0 Å². The minimum Gasteiger partial charge on any atom is -0.489 e. The van der Waals surface area contributed by atoms with Crippen LogP contribution >= 0.6 is 0 Å². The fourth-order valence-electron chi connectivity index (χ4n) is 1.08. The lowest BCUT2D eigenvalue weighted by Crippen LogP contribution is -2.47. The van der Waals surface area contributed by atoms with Crippen molar-refractivity contribution < 1.29 is 4.74 Å². The van der Waals surface area contributed by atoms with E-state index in [1.807, 2.05) is 20.8 Å². The van der Waals surface area contributed by atoms with E-state index in [1.54, 1.807) is 0 Å². The van der Waals surface area contributed by atoms with Crippen LogP contribution in [0.25, 0.3) is 0 Å². The number of anilines is 1. The van der Waals surface area contributed by atoms with Gasteiger partial charge in [-0.3, -0.25) is 4.79 Å². The Morgan fingerprint density at radius 3 is 2.75 bits per heavy atom. The van der Waals surface area contributed by atoms with Crippen LogP contribution in [0, 0.1) is 0 Å². The molecule has 0 saturated carbocycles. The van der Waals surface area contributed by atoms with Crippen molar-refractivity contribution in [2.24, 2.45) is 5.73 Å². The maximum absolute atomic E-state index is 11.4. The standard InChI is InChI=1S/C10H18N4O2/c1-6(11)10(2,3)14-8-7(16-4)9(15)13-5-12-8/h5-6H,11H2,1-4H3,(H2,12,13,14,15). The van der Waals surface area contributed by atoms with Crippen LogP contribution in [0.15, 0.2) is 11.1 Å². The topological polar surface area (TPSA) is 93.0 Å². The molecule has 0 saturated heterocycles. The Kier molecular flexibility index (Phi) is 3.54. The normalized spacial score (nSPS) is 13.3. The molecular formula is C10H18N4O2. The van der Waals surface area contributed by atoms with E-state index < -0.39 is 0 Å². The second-order valence-corrected chi connectivity index (χ2v) is 4.25. The number of H-pyrrole nitrogens is 1. The maximum atomic E-state index is 11.4. The van der Waals surface area contributed by atoms with E-state index in [1.165, 1.54) is 13.4 Å². The van der Waals surface area contributed by atoms with Crippen LogP contribution in [0.5, 0.6) is 5.75 Å². The number of nitrogens with two attached hydrogens (primary N) is 1. The van der Waals surface area contributed by atoms with Crippen molar-refractivity contribution in [1.29, 1.82) is 0 Å². The van der Waals surface area contributed by atoms with E-state index in [0.717, 1.165) is 0 Å². The first kappa shape index (κ1) is 12.5. The highest BCUT2D eigenvalue weighted by atomic mass is 16.5. The Labute approximate surface area is 94.2 Å². The summed E-state index contributed by atoms with van der Waals surface area (Å²) in [5.74, 6) is 0.560. The van der Waals surface area contributed by atoms with Crippen molar-refractivity contribution in [3.8, 4) is 5.75 Å². The molecule has 16 heavy (non-hydrogen) atoms. The van der Waals surface area contributed by atoms with Gasteiger partial charge in [-0.05, 0) is 20.8 Å². The number of rotatable bonds is 4. The minimum absolute atomic E-state index is 0.0988. The molecule has 0 spiro atoms. The molecule has 1 unspecified atom stereocenters. The third kappa shape index (κ3) is 2.52. The van der Waals surface area contributed by atoms with Crippen molar-refractivity contribution in [1.82, 2.24) is 9.97 Å². The van der Waals surface area contributed by atoms with Gasteiger partial charge in [0.05, 0.1) is 13.4 Å². The SMILES string of the molecule is COc1c(NC(C)(C)C(C)N)nc[nH]c1=O. The smallest absolute Gasteiger partial charge is 0.295 e. The maximum Gasteiger partial charge on any atom is 0.295 e. The van der Waals surface area contributed by atoms with Crippen LogP contribution in [0.4, 0.5) is 5.82 Å². The van der Waals surface area contributed by atoms with Crippen molar-refractivity contribution >= 4 is 5.82 Å².